The maximum absolute atomic E-state index is 9.89. The Morgan fingerprint density at radius 2 is 2.00 bits per heavy atom. The van der Waals surface area contributed by atoms with Crippen LogP contribution in [-0.4, -0.2) is 6.29 Å². The van der Waals surface area contributed by atoms with Crippen molar-refractivity contribution in [1.82, 2.24) is 0 Å². The number of carbonyl (C=O) groups is 1. The van der Waals surface area contributed by atoms with Crippen molar-refractivity contribution in [2.45, 2.75) is 6.92 Å². The van der Waals surface area contributed by atoms with Crippen molar-refractivity contribution >= 4 is 6.29 Å². The molecule has 0 fully saturated rings. The standard InChI is InChI=1S/C10H12O/c1-3-4-5-7-10(2)8-6-9-11/h3-9H,1H2,2H3/b5-4+,8-6+,10-7+. The van der Waals surface area contributed by atoms with E-state index in [9.17, 15) is 4.79 Å². The largest absolute Gasteiger partial charge is 0.299 e. The van der Waals surface area contributed by atoms with E-state index < -0.39 is 0 Å². The lowest BCUT2D eigenvalue weighted by molar-refractivity contribution is -0.104. The summed E-state index contributed by atoms with van der Waals surface area (Å²) >= 11 is 0. The van der Waals surface area contributed by atoms with Crippen molar-refractivity contribution in [1.29, 1.82) is 0 Å². The molecule has 0 aliphatic heterocycles. The first-order valence-corrected chi connectivity index (χ1v) is 3.39. The van der Waals surface area contributed by atoms with Gasteiger partial charge in [0.25, 0.3) is 0 Å². The maximum Gasteiger partial charge on any atom is 0.142 e. The van der Waals surface area contributed by atoms with Crippen LogP contribution in [0.3, 0.4) is 0 Å². The van der Waals surface area contributed by atoms with Crippen LogP contribution in [0.25, 0.3) is 0 Å². The number of hydrogen-bond acceptors (Lipinski definition) is 1. The van der Waals surface area contributed by atoms with Crippen LogP contribution in [0.2, 0.25) is 0 Å². The van der Waals surface area contributed by atoms with Crippen molar-refractivity contribution in [2.75, 3.05) is 0 Å². The quantitative estimate of drug-likeness (QED) is 0.340. The molecule has 0 N–H and O–H groups in total. The van der Waals surface area contributed by atoms with E-state index in [1.165, 1.54) is 6.08 Å². The second-order valence-electron chi connectivity index (χ2n) is 2.03. The van der Waals surface area contributed by atoms with Crippen LogP contribution in [0, 0.1) is 0 Å². The smallest absolute Gasteiger partial charge is 0.142 e. The topological polar surface area (TPSA) is 17.1 Å². The maximum atomic E-state index is 9.89. The summed E-state index contributed by atoms with van der Waals surface area (Å²) in [5, 5.41) is 0. The van der Waals surface area contributed by atoms with Crippen LogP contribution in [0.1, 0.15) is 6.92 Å². The van der Waals surface area contributed by atoms with Crippen molar-refractivity contribution in [2.24, 2.45) is 0 Å². The summed E-state index contributed by atoms with van der Waals surface area (Å²) in [4.78, 5) is 9.89. The van der Waals surface area contributed by atoms with Crippen LogP contribution in [0.4, 0.5) is 0 Å². The minimum absolute atomic E-state index is 0.758. The molecular weight excluding hydrogens is 136 g/mol. The van der Waals surface area contributed by atoms with Crippen molar-refractivity contribution < 1.29 is 4.79 Å². The lowest BCUT2D eigenvalue weighted by atomic mass is 10.2. The third kappa shape index (κ3) is 6.52. The van der Waals surface area contributed by atoms with Crippen molar-refractivity contribution in [3.8, 4) is 0 Å². The molecule has 0 heterocycles. The van der Waals surface area contributed by atoms with Gasteiger partial charge in [-0.05, 0) is 13.0 Å². The zero-order chi connectivity index (χ0) is 8.53. The predicted octanol–water partition coefficient (Wildman–Crippen LogP) is 2.43. The molecule has 11 heavy (non-hydrogen) atoms. The Bertz CT molecular complexity index is 207. The molecule has 0 aromatic heterocycles. The first-order chi connectivity index (χ1) is 5.31. The molecule has 0 aliphatic carbocycles. The predicted molar refractivity (Wildman–Crippen MR) is 48.3 cm³/mol. The fourth-order valence-corrected chi connectivity index (χ4v) is 0.533. The molecule has 0 aliphatic rings. The first-order valence-electron chi connectivity index (χ1n) is 3.39. The Morgan fingerprint density at radius 1 is 1.27 bits per heavy atom. The molecule has 1 heteroatoms. The monoisotopic (exact) mass is 148 g/mol. The van der Waals surface area contributed by atoms with Gasteiger partial charge in [-0.3, -0.25) is 4.79 Å². The SMILES string of the molecule is C=C/C=C/C=C(C)/C=C/C=O. The molecule has 0 rings (SSSR count). The third-order valence-corrected chi connectivity index (χ3v) is 1.04. The highest BCUT2D eigenvalue weighted by Crippen LogP contribution is 1.93. The average molecular weight is 148 g/mol. The Morgan fingerprint density at radius 3 is 2.55 bits per heavy atom. The Balaban J connectivity index is 3.99. The van der Waals surface area contributed by atoms with Crippen LogP contribution < -0.4 is 0 Å². The lowest BCUT2D eigenvalue weighted by Crippen LogP contribution is -1.66. The molecule has 0 saturated carbocycles. The molecule has 0 radical (unpaired) electrons. The molecule has 0 aromatic rings. The van der Waals surface area contributed by atoms with Gasteiger partial charge in [0.05, 0.1) is 0 Å². The van der Waals surface area contributed by atoms with E-state index in [2.05, 4.69) is 6.58 Å². The molecule has 0 spiro atoms. The second-order valence-corrected chi connectivity index (χ2v) is 2.03. The van der Waals surface area contributed by atoms with E-state index in [-0.39, 0.29) is 0 Å². The van der Waals surface area contributed by atoms with E-state index in [0.717, 1.165) is 11.9 Å². The fraction of sp³-hybridized carbons (Fsp3) is 0.100. The number of rotatable bonds is 4. The lowest BCUT2D eigenvalue weighted by Gasteiger charge is -1.83. The van der Waals surface area contributed by atoms with E-state index in [4.69, 9.17) is 0 Å². The second kappa shape index (κ2) is 6.75. The molecule has 0 atom stereocenters. The Hall–Kier alpha value is -1.37. The van der Waals surface area contributed by atoms with Crippen LogP contribution >= 0.6 is 0 Å². The summed E-state index contributed by atoms with van der Waals surface area (Å²) in [6.45, 7) is 5.45. The zero-order valence-corrected chi connectivity index (χ0v) is 6.66. The van der Waals surface area contributed by atoms with Gasteiger partial charge in [-0.25, -0.2) is 0 Å². The molecule has 0 amide bonds. The molecule has 0 unspecified atom stereocenters. The molecule has 0 saturated heterocycles. The van der Waals surface area contributed by atoms with Gasteiger partial charge < -0.3 is 0 Å². The number of carbonyl (C=O) groups excluding carboxylic acids is 1. The van der Waals surface area contributed by atoms with Gasteiger partial charge in [-0.15, -0.1) is 0 Å². The van der Waals surface area contributed by atoms with Crippen LogP contribution in [0.5, 0.6) is 0 Å². The van der Waals surface area contributed by atoms with Gasteiger partial charge in [0.1, 0.15) is 6.29 Å². The number of aldehydes is 1. The van der Waals surface area contributed by atoms with Gasteiger partial charge >= 0.3 is 0 Å². The van der Waals surface area contributed by atoms with Gasteiger partial charge in [-0.2, -0.15) is 0 Å². The summed E-state index contributed by atoms with van der Waals surface area (Å²) in [5.74, 6) is 0. The van der Waals surface area contributed by atoms with Gasteiger partial charge in [-0.1, -0.05) is 42.5 Å². The molecule has 0 aromatic carbocycles. The first kappa shape index (κ1) is 9.63. The van der Waals surface area contributed by atoms with Gasteiger partial charge in [0, 0.05) is 0 Å². The molecule has 58 valence electrons. The Labute approximate surface area is 67.4 Å². The van der Waals surface area contributed by atoms with Crippen LogP contribution in [-0.2, 0) is 4.79 Å². The summed E-state index contributed by atoms with van der Waals surface area (Å²) in [5.41, 5.74) is 1.04. The molecule has 0 bridgehead atoms. The summed E-state index contributed by atoms with van der Waals surface area (Å²) < 4.78 is 0. The normalized spacial score (nSPS) is 12.6. The van der Waals surface area contributed by atoms with Gasteiger partial charge in [0.2, 0.25) is 0 Å². The molecular formula is C10H12O. The average Bonchev–Trinajstić information content (AvgIpc) is 2.01. The highest BCUT2D eigenvalue weighted by molar-refractivity contribution is 5.65. The number of allylic oxidation sites excluding steroid dienone is 7. The summed E-state index contributed by atoms with van der Waals surface area (Å²) in [6.07, 6.45) is 11.3. The third-order valence-electron chi connectivity index (χ3n) is 1.04. The van der Waals surface area contributed by atoms with E-state index >= 15 is 0 Å². The van der Waals surface area contributed by atoms with Crippen molar-refractivity contribution in [3.63, 3.8) is 0 Å². The number of hydrogen-bond donors (Lipinski definition) is 0. The summed E-state index contributed by atoms with van der Waals surface area (Å²) in [6, 6.07) is 0. The van der Waals surface area contributed by atoms with Crippen LogP contribution in [0.15, 0.2) is 48.6 Å². The van der Waals surface area contributed by atoms with Gasteiger partial charge in [0.15, 0.2) is 0 Å². The minimum atomic E-state index is 0.758. The highest BCUT2D eigenvalue weighted by Gasteiger charge is 1.75. The summed E-state index contributed by atoms with van der Waals surface area (Å²) in [7, 11) is 0. The minimum Gasteiger partial charge on any atom is -0.299 e. The zero-order valence-electron chi connectivity index (χ0n) is 6.66. The molecule has 1 nitrogen and oxygen atoms in total. The van der Waals surface area contributed by atoms with Crippen molar-refractivity contribution in [3.05, 3.63) is 48.6 Å². The van der Waals surface area contributed by atoms with E-state index in [1.807, 2.05) is 25.2 Å². The Kier molecular flexibility index (Phi) is 5.91. The fourth-order valence-electron chi connectivity index (χ4n) is 0.533. The van der Waals surface area contributed by atoms with E-state index in [1.54, 1.807) is 12.2 Å². The highest BCUT2D eigenvalue weighted by atomic mass is 16.1. The van der Waals surface area contributed by atoms with E-state index in [0.29, 0.717) is 0 Å².